The van der Waals surface area contributed by atoms with E-state index >= 15 is 0 Å². The highest BCUT2D eigenvalue weighted by Gasteiger charge is 2.12. The standard InChI is InChI=1S/C8H11NO/c1-6-3-7(2)8(5-10)9-4-6/h4-5,7H,3H2,1-2H3. The summed E-state index contributed by atoms with van der Waals surface area (Å²) in [6.07, 6.45) is 3.58. The Hall–Kier alpha value is -0.920. The van der Waals surface area contributed by atoms with Crippen molar-refractivity contribution < 1.29 is 4.79 Å². The lowest BCUT2D eigenvalue weighted by Gasteiger charge is -2.13. The van der Waals surface area contributed by atoms with E-state index in [4.69, 9.17) is 0 Å². The maximum absolute atomic E-state index is 10.3. The van der Waals surface area contributed by atoms with Crippen molar-refractivity contribution >= 4 is 12.0 Å². The predicted molar refractivity (Wildman–Crippen MR) is 41.0 cm³/mol. The molecule has 0 N–H and O–H groups in total. The van der Waals surface area contributed by atoms with Gasteiger partial charge in [-0.3, -0.25) is 9.79 Å². The number of allylic oxidation sites excluding steroid dienone is 1. The number of aliphatic imine (C=N–C) groups is 1. The van der Waals surface area contributed by atoms with Crippen LogP contribution >= 0.6 is 0 Å². The first-order chi connectivity index (χ1) is 4.74. The molecule has 0 spiro atoms. The van der Waals surface area contributed by atoms with E-state index in [1.807, 2.05) is 13.8 Å². The fraction of sp³-hybridized carbons (Fsp3) is 0.500. The van der Waals surface area contributed by atoms with Gasteiger partial charge in [0.1, 0.15) is 0 Å². The molecule has 1 unspecified atom stereocenters. The van der Waals surface area contributed by atoms with Crippen molar-refractivity contribution in [3.05, 3.63) is 11.8 Å². The fourth-order valence-corrected chi connectivity index (χ4v) is 1.10. The van der Waals surface area contributed by atoms with Crippen LogP contribution in [0.25, 0.3) is 0 Å². The second-order valence-corrected chi connectivity index (χ2v) is 2.75. The second-order valence-electron chi connectivity index (χ2n) is 2.75. The van der Waals surface area contributed by atoms with Crippen molar-refractivity contribution in [3.63, 3.8) is 0 Å². The third-order valence-electron chi connectivity index (χ3n) is 1.69. The van der Waals surface area contributed by atoms with Gasteiger partial charge in [-0.05, 0) is 13.3 Å². The molecule has 54 valence electrons. The van der Waals surface area contributed by atoms with Crippen LogP contribution < -0.4 is 0 Å². The molecule has 0 fully saturated rings. The van der Waals surface area contributed by atoms with E-state index in [0.717, 1.165) is 12.7 Å². The van der Waals surface area contributed by atoms with Crippen LogP contribution in [-0.4, -0.2) is 12.0 Å². The van der Waals surface area contributed by atoms with Crippen LogP contribution in [0.4, 0.5) is 0 Å². The molecule has 0 aromatic heterocycles. The molecule has 1 atom stereocenters. The average molecular weight is 137 g/mol. The summed E-state index contributed by atoms with van der Waals surface area (Å²) in [6.45, 7) is 4.05. The smallest absolute Gasteiger partial charge is 0.164 e. The van der Waals surface area contributed by atoms with Crippen LogP contribution in [0.5, 0.6) is 0 Å². The van der Waals surface area contributed by atoms with Crippen molar-refractivity contribution in [1.82, 2.24) is 0 Å². The van der Waals surface area contributed by atoms with Crippen LogP contribution in [0.3, 0.4) is 0 Å². The van der Waals surface area contributed by atoms with Gasteiger partial charge >= 0.3 is 0 Å². The Labute approximate surface area is 60.7 Å². The van der Waals surface area contributed by atoms with E-state index in [1.54, 1.807) is 6.20 Å². The Kier molecular flexibility index (Phi) is 2.00. The number of aldehydes is 1. The number of hydrogen-bond donors (Lipinski definition) is 0. The van der Waals surface area contributed by atoms with Gasteiger partial charge in [0.05, 0.1) is 5.71 Å². The monoisotopic (exact) mass is 137 g/mol. The average Bonchev–Trinajstić information content (AvgIpc) is 1.88. The van der Waals surface area contributed by atoms with Gasteiger partial charge in [-0.2, -0.15) is 0 Å². The molecule has 0 aromatic carbocycles. The molecule has 0 amide bonds. The van der Waals surface area contributed by atoms with Crippen molar-refractivity contribution in [3.8, 4) is 0 Å². The Bertz CT molecular complexity index is 203. The Morgan fingerprint density at radius 2 is 2.50 bits per heavy atom. The van der Waals surface area contributed by atoms with Crippen molar-refractivity contribution in [2.45, 2.75) is 20.3 Å². The van der Waals surface area contributed by atoms with E-state index in [0.29, 0.717) is 11.6 Å². The van der Waals surface area contributed by atoms with Gasteiger partial charge in [-0.1, -0.05) is 12.5 Å². The molecule has 2 heteroatoms. The summed E-state index contributed by atoms with van der Waals surface area (Å²) < 4.78 is 0. The van der Waals surface area contributed by atoms with Gasteiger partial charge < -0.3 is 0 Å². The third-order valence-corrected chi connectivity index (χ3v) is 1.69. The molecule has 0 aromatic rings. The molecule has 1 heterocycles. The summed E-state index contributed by atoms with van der Waals surface area (Å²) in [5.41, 5.74) is 1.92. The van der Waals surface area contributed by atoms with E-state index in [2.05, 4.69) is 4.99 Å². The van der Waals surface area contributed by atoms with Crippen LogP contribution in [-0.2, 0) is 4.79 Å². The van der Waals surface area contributed by atoms with Crippen LogP contribution in [0.15, 0.2) is 16.8 Å². The van der Waals surface area contributed by atoms with Crippen LogP contribution in [0, 0.1) is 5.92 Å². The van der Waals surface area contributed by atoms with Gasteiger partial charge in [0.25, 0.3) is 0 Å². The molecule has 2 nitrogen and oxygen atoms in total. The lowest BCUT2D eigenvalue weighted by atomic mass is 9.96. The largest absolute Gasteiger partial charge is 0.297 e. The topological polar surface area (TPSA) is 29.4 Å². The molecular formula is C8H11NO. The summed E-state index contributed by atoms with van der Waals surface area (Å²) in [6, 6.07) is 0. The number of nitrogens with zero attached hydrogens (tertiary/aromatic N) is 1. The molecule has 0 saturated carbocycles. The highest BCUT2D eigenvalue weighted by atomic mass is 16.1. The molecule has 1 aliphatic heterocycles. The van der Waals surface area contributed by atoms with Crippen molar-refractivity contribution in [2.24, 2.45) is 10.9 Å². The minimum atomic E-state index is 0.308. The zero-order valence-corrected chi connectivity index (χ0v) is 6.29. The van der Waals surface area contributed by atoms with Gasteiger partial charge in [-0.25, -0.2) is 0 Å². The highest BCUT2D eigenvalue weighted by Crippen LogP contribution is 2.16. The summed E-state index contributed by atoms with van der Waals surface area (Å²) in [5, 5.41) is 0. The Morgan fingerprint density at radius 1 is 1.80 bits per heavy atom. The van der Waals surface area contributed by atoms with Gasteiger partial charge in [0.2, 0.25) is 0 Å². The molecule has 0 aliphatic carbocycles. The first kappa shape index (κ1) is 7.19. The van der Waals surface area contributed by atoms with E-state index in [1.165, 1.54) is 5.57 Å². The minimum absolute atomic E-state index is 0.308. The summed E-state index contributed by atoms with van der Waals surface area (Å²) in [5.74, 6) is 0.308. The molecule has 0 radical (unpaired) electrons. The van der Waals surface area contributed by atoms with Crippen LogP contribution in [0.2, 0.25) is 0 Å². The van der Waals surface area contributed by atoms with E-state index in [9.17, 15) is 4.79 Å². The molecular weight excluding hydrogens is 126 g/mol. The maximum atomic E-state index is 10.3. The lowest BCUT2D eigenvalue weighted by Crippen LogP contribution is -2.15. The summed E-state index contributed by atoms with van der Waals surface area (Å²) in [7, 11) is 0. The SMILES string of the molecule is CC1=CN=C(C=O)C(C)C1. The first-order valence-corrected chi connectivity index (χ1v) is 3.42. The number of carbonyl (C=O) groups excluding carboxylic acids is 1. The maximum Gasteiger partial charge on any atom is 0.164 e. The third kappa shape index (κ3) is 1.32. The Morgan fingerprint density at radius 3 is 3.00 bits per heavy atom. The molecule has 0 bridgehead atoms. The quantitative estimate of drug-likeness (QED) is 0.504. The number of hydrogen-bond acceptors (Lipinski definition) is 2. The lowest BCUT2D eigenvalue weighted by molar-refractivity contribution is -0.102. The molecule has 10 heavy (non-hydrogen) atoms. The first-order valence-electron chi connectivity index (χ1n) is 3.42. The van der Waals surface area contributed by atoms with Gasteiger partial charge in [0.15, 0.2) is 6.29 Å². The molecule has 1 aliphatic rings. The zero-order valence-electron chi connectivity index (χ0n) is 6.29. The summed E-state index contributed by atoms with van der Waals surface area (Å²) >= 11 is 0. The highest BCUT2D eigenvalue weighted by molar-refractivity contribution is 6.29. The van der Waals surface area contributed by atoms with E-state index in [-0.39, 0.29) is 0 Å². The number of carbonyl (C=O) groups is 1. The second kappa shape index (κ2) is 2.78. The van der Waals surface area contributed by atoms with E-state index < -0.39 is 0 Å². The summed E-state index contributed by atoms with van der Waals surface area (Å²) in [4.78, 5) is 14.3. The molecule has 0 saturated heterocycles. The van der Waals surface area contributed by atoms with Crippen molar-refractivity contribution in [2.75, 3.05) is 0 Å². The normalized spacial score (nSPS) is 25.2. The Balaban J connectivity index is 2.81. The number of rotatable bonds is 1. The van der Waals surface area contributed by atoms with Gasteiger partial charge in [-0.15, -0.1) is 0 Å². The van der Waals surface area contributed by atoms with Gasteiger partial charge in [0, 0.05) is 12.1 Å². The zero-order chi connectivity index (χ0) is 7.56. The van der Waals surface area contributed by atoms with Crippen molar-refractivity contribution in [1.29, 1.82) is 0 Å². The van der Waals surface area contributed by atoms with Crippen LogP contribution in [0.1, 0.15) is 20.3 Å². The molecule has 1 rings (SSSR count). The minimum Gasteiger partial charge on any atom is -0.297 e. The predicted octanol–water partition coefficient (Wildman–Crippen LogP) is 1.57. The fourth-order valence-electron chi connectivity index (χ4n) is 1.10.